The summed E-state index contributed by atoms with van der Waals surface area (Å²) in [6, 6.07) is 21.2. The molecule has 0 radical (unpaired) electrons. The predicted octanol–water partition coefficient (Wildman–Crippen LogP) is 5.67. The molecule has 2 bridgehead atoms. The van der Waals surface area contributed by atoms with Gasteiger partial charge < -0.3 is 24.5 Å². The van der Waals surface area contributed by atoms with E-state index in [4.69, 9.17) is 4.74 Å². The fourth-order valence-electron chi connectivity index (χ4n) is 8.53. The zero-order chi connectivity index (χ0) is 33.3. The quantitative estimate of drug-likeness (QED) is 0.245. The van der Waals surface area contributed by atoms with Gasteiger partial charge in [0.25, 0.3) is 5.91 Å². The van der Waals surface area contributed by atoms with Crippen molar-refractivity contribution in [3.8, 4) is 0 Å². The fraction of sp³-hybridized carbons (Fsp3) is 0.410. The van der Waals surface area contributed by atoms with Gasteiger partial charge >= 0.3 is 0 Å². The molecule has 3 fully saturated rings. The maximum absolute atomic E-state index is 15.2. The zero-order valence-corrected chi connectivity index (χ0v) is 27.4. The highest BCUT2D eigenvalue weighted by Gasteiger charge is 2.79. The number of aliphatic hydroxyl groups excluding tert-OH is 1. The lowest BCUT2D eigenvalue weighted by molar-refractivity contribution is -0.153. The number of anilines is 1. The zero-order valence-electron chi connectivity index (χ0n) is 27.4. The number of amides is 3. The first kappa shape index (κ1) is 32.7. The van der Waals surface area contributed by atoms with Crippen LogP contribution < -0.4 is 4.90 Å². The third kappa shape index (κ3) is 5.18. The van der Waals surface area contributed by atoms with E-state index in [-0.39, 0.29) is 24.3 Å². The van der Waals surface area contributed by atoms with Crippen molar-refractivity contribution >= 4 is 34.2 Å². The molecule has 0 aliphatic carbocycles. The summed E-state index contributed by atoms with van der Waals surface area (Å²) in [6.07, 6.45) is 5.69. The van der Waals surface area contributed by atoms with Crippen molar-refractivity contribution in [3.63, 3.8) is 0 Å². The number of hydrogen-bond acceptors (Lipinski definition) is 5. The van der Waals surface area contributed by atoms with Crippen LogP contribution in [-0.4, -0.2) is 76.1 Å². The van der Waals surface area contributed by atoms with Gasteiger partial charge in [-0.05, 0) is 54.2 Å². The minimum absolute atomic E-state index is 0.140. The molecule has 3 saturated heterocycles. The molecule has 3 aromatic carbocycles. The van der Waals surface area contributed by atoms with Crippen LogP contribution in [-0.2, 0) is 19.1 Å². The highest BCUT2D eigenvalue weighted by atomic mass is 16.5. The van der Waals surface area contributed by atoms with Gasteiger partial charge in [-0.3, -0.25) is 14.4 Å². The highest BCUT2D eigenvalue weighted by molar-refractivity contribution is 6.06. The second-order valence-corrected chi connectivity index (χ2v) is 13.0. The molecule has 246 valence electrons. The maximum Gasteiger partial charge on any atom is 0.253 e. The first-order valence-corrected chi connectivity index (χ1v) is 16.8. The molecule has 2 unspecified atom stereocenters. The average molecular weight is 636 g/mol. The van der Waals surface area contributed by atoms with Gasteiger partial charge in [0, 0.05) is 25.3 Å². The summed E-state index contributed by atoms with van der Waals surface area (Å²) in [5.41, 5.74) is -0.732. The number of carbonyl (C=O) groups is 3. The molecular formula is C39H45N3O5. The van der Waals surface area contributed by atoms with E-state index in [2.05, 4.69) is 13.2 Å². The van der Waals surface area contributed by atoms with E-state index in [1.54, 1.807) is 26.9 Å². The number of ether oxygens (including phenoxy) is 1. The molecule has 6 atom stereocenters. The Morgan fingerprint density at radius 3 is 2.34 bits per heavy atom. The maximum atomic E-state index is 15.2. The summed E-state index contributed by atoms with van der Waals surface area (Å²) in [5, 5.41) is 12.9. The lowest BCUT2D eigenvalue weighted by Crippen LogP contribution is -2.57. The molecule has 8 nitrogen and oxygen atoms in total. The summed E-state index contributed by atoms with van der Waals surface area (Å²) in [6.45, 7) is 12.5. The molecule has 3 amide bonds. The van der Waals surface area contributed by atoms with Crippen LogP contribution in [0.15, 0.2) is 98.1 Å². The highest BCUT2D eigenvalue weighted by Crippen LogP contribution is 2.65. The van der Waals surface area contributed by atoms with E-state index in [0.29, 0.717) is 43.6 Å². The molecule has 1 N–H and O–H groups in total. The molecule has 3 aliphatic heterocycles. The van der Waals surface area contributed by atoms with Gasteiger partial charge in [0.1, 0.15) is 11.6 Å². The van der Waals surface area contributed by atoms with Gasteiger partial charge in [0.05, 0.1) is 30.1 Å². The summed E-state index contributed by atoms with van der Waals surface area (Å²) >= 11 is 0. The first-order chi connectivity index (χ1) is 22.8. The molecule has 0 aromatic heterocycles. The van der Waals surface area contributed by atoms with E-state index in [0.717, 1.165) is 17.2 Å². The molecule has 0 saturated carbocycles. The number of nitrogens with zero attached hydrogens (tertiary/aromatic N) is 3. The van der Waals surface area contributed by atoms with Crippen molar-refractivity contribution in [2.75, 3.05) is 31.1 Å². The number of aliphatic hydroxyl groups is 1. The third-order valence-corrected chi connectivity index (χ3v) is 10.6. The SMILES string of the molecule is C=CCN(CCC)C(=O)[C@@H]1[C@H]2C(=O)N([C@H](CO)c3ccccc3)C(C(=O)N(CC=C)c3ccc4ccccc4c3)C23CC[C@@]1(CC)O3. The molecule has 47 heavy (non-hydrogen) atoms. The number of likely N-dealkylation sites (tertiary alicyclic amines) is 1. The van der Waals surface area contributed by atoms with Gasteiger partial charge in [-0.25, -0.2) is 0 Å². The second kappa shape index (κ2) is 13.1. The third-order valence-electron chi connectivity index (χ3n) is 10.6. The number of benzene rings is 3. The number of carbonyl (C=O) groups excluding carboxylic acids is 3. The largest absolute Gasteiger partial charge is 0.394 e. The summed E-state index contributed by atoms with van der Waals surface area (Å²) in [7, 11) is 0. The van der Waals surface area contributed by atoms with Crippen LogP contribution in [0.2, 0.25) is 0 Å². The standard InChI is InChI=1S/C39H45N3O5/c1-5-22-40(23-6-2)35(44)32-33-36(45)42(31(26-43)28-15-10-9-11-16-28)34(39(33)21-20-38(32,8-4)47-39)37(46)41(24-7-3)30-19-18-27-14-12-13-17-29(27)25-30/h5,7,9-19,25,31-34,43H,1,3,6,8,20-24,26H2,2,4H3/t31-,32+,33+,34?,38-,39?/m1/s1. The van der Waals surface area contributed by atoms with Crippen molar-refractivity contribution in [1.82, 2.24) is 9.80 Å². The van der Waals surface area contributed by atoms with E-state index >= 15 is 9.59 Å². The lowest BCUT2D eigenvalue weighted by atomic mass is 9.64. The molecule has 3 aliphatic rings. The summed E-state index contributed by atoms with van der Waals surface area (Å²) in [5.74, 6) is -2.42. The smallest absolute Gasteiger partial charge is 0.253 e. The predicted molar refractivity (Wildman–Crippen MR) is 184 cm³/mol. The Labute approximate surface area is 277 Å². The fourth-order valence-corrected chi connectivity index (χ4v) is 8.53. The Hall–Kier alpha value is -4.27. The monoisotopic (exact) mass is 635 g/mol. The van der Waals surface area contributed by atoms with E-state index in [1.807, 2.05) is 86.6 Å². The molecule has 8 heteroatoms. The lowest BCUT2D eigenvalue weighted by Gasteiger charge is -2.39. The Morgan fingerprint density at radius 1 is 0.979 bits per heavy atom. The van der Waals surface area contributed by atoms with Crippen molar-refractivity contribution in [2.45, 2.75) is 62.8 Å². The molecule has 1 spiro atoms. The van der Waals surface area contributed by atoms with Crippen molar-refractivity contribution < 1.29 is 24.2 Å². The number of fused-ring (bicyclic) bond motifs is 2. The number of rotatable bonds is 13. The van der Waals surface area contributed by atoms with Gasteiger partial charge in [0.15, 0.2) is 0 Å². The van der Waals surface area contributed by atoms with Crippen LogP contribution in [0.1, 0.15) is 51.1 Å². The number of hydrogen-bond donors (Lipinski definition) is 1. The second-order valence-electron chi connectivity index (χ2n) is 13.0. The van der Waals surface area contributed by atoms with Gasteiger partial charge in [-0.15, -0.1) is 13.2 Å². The normalized spacial score (nSPS) is 26.7. The van der Waals surface area contributed by atoms with E-state index < -0.39 is 41.7 Å². The van der Waals surface area contributed by atoms with Crippen LogP contribution in [0.5, 0.6) is 0 Å². The van der Waals surface area contributed by atoms with Crippen LogP contribution in [0.25, 0.3) is 10.8 Å². The molecule has 3 heterocycles. The van der Waals surface area contributed by atoms with Crippen LogP contribution >= 0.6 is 0 Å². The summed E-state index contributed by atoms with van der Waals surface area (Å²) < 4.78 is 7.07. The molecule has 6 rings (SSSR count). The van der Waals surface area contributed by atoms with E-state index in [9.17, 15) is 9.90 Å². The summed E-state index contributed by atoms with van der Waals surface area (Å²) in [4.78, 5) is 49.7. The molecule has 3 aromatic rings. The van der Waals surface area contributed by atoms with Crippen molar-refractivity contribution in [3.05, 3.63) is 104 Å². The van der Waals surface area contributed by atoms with Gasteiger partial charge in [-0.2, -0.15) is 0 Å². The van der Waals surface area contributed by atoms with E-state index in [1.165, 1.54) is 0 Å². The topological polar surface area (TPSA) is 90.4 Å². The molecular weight excluding hydrogens is 590 g/mol. The Kier molecular flexibility index (Phi) is 9.09. The minimum Gasteiger partial charge on any atom is -0.394 e. The van der Waals surface area contributed by atoms with Gasteiger partial charge in [0.2, 0.25) is 11.8 Å². The van der Waals surface area contributed by atoms with Gasteiger partial charge in [-0.1, -0.05) is 86.7 Å². The Balaban J connectivity index is 1.51. The average Bonchev–Trinajstić information content (AvgIpc) is 3.71. The van der Waals surface area contributed by atoms with Crippen LogP contribution in [0.3, 0.4) is 0 Å². The Morgan fingerprint density at radius 2 is 1.68 bits per heavy atom. The minimum atomic E-state index is -1.24. The van der Waals surface area contributed by atoms with Crippen molar-refractivity contribution in [1.29, 1.82) is 0 Å². The first-order valence-electron chi connectivity index (χ1n) is 16.8. The van der Waals surface area contributed by atoms with Crippen LogP contribution in [0, 0.1) is 11.8 Å². The Bertz CT molecular complexity index is 1680. The van der Waals surface area contributed by atoms with Crippen molar-refractivity contribution in [2.24, 2.45) is 11.8 Å². The van der Waals surface area contributed by atoms with Crippen LogP contribution in [0.4, 0.5) is 5.69 Å².